The maximum atomic E-state index is 10.3. The van der Waals surface area contributed by atoms with Gasteiger partial charge in [0, 0.05) is 22.2 Å². The highest BCUT2D eigenvalue weighted by atomic mass is 32.1. The van der Waals surface area contributed by atoms with Gasteiger partial charge in [-0.3, -0.25) is 0 Å². The topological polar surface area (TPSA) is 32.3 Å². The molecule has 1 aromatic heterocycles. The number of aliphatic hydroxyl groups is 1. The summed E-state index contributed by atoms with van der Waals surface area (Å²) in [5.74, 6) is 0. The van der Waals surface area contributed by atoms with Gasteiger partial charge in [0.1, 0.15) is 0 Å². The number of aliphatic hydroxyl groups excluding tert-OH is 1. The quantitative estimate of drug-likeness (QED) is 0.898. The second-order valence-electron chi connectivity index (χ2n) is 5.28. The summed E-state index contributed by atoms with van der Waals surface area (Å²) in [6, 6.07) is 13.0. The van der Waals surface area contributed by atoms with Gasteiger partial charge in [-0.25, -0.2) is 0 Å². The molecule has 3 rings (SSSR count). The molecule has 0 amide bonds. The first kappa shape index (κ1) is 12.9. The molecule has 1 aromatic carbocycles. The Morgan fingerprint density at radius 2 is 2.05 bits per heavy atom. The summed E-state index contributed by atoms with van der Waals surface area (Å²) in [4.78, 5) is 2.66. The van der Waals surface area contributed by atoms with Gasteiger partial charge in [0.15, 0.2) is 0 Å². The lowest BCUT2D eigenvalue weighted by Crippen LogP contribution is -2.30. The van der Waals surface area contributed by atoms with Gasteiger partial charge < -0.3 is 10.4 Å². The van der Waals surface area contributed by atoms with E-state index in [0.717, 1.165) is 6.42 Å². The summed E-state index contributed by atoms with van der Waals surface area (Å²) in [6.45, 7) is 4.29. The van der Waals surface area contributed by atoms with E-state index >= 15 is 0 Å². The van der Waals surface area contributed by atoms with Crippen LogP contribution in [0.5, 0.6) is 0 Å². The Hall–Kier alpha value is -1.16. The predicted molar refractivity (Wildman–Crippen MR) is 79.5 cm³/mol. The first-order valence-corrected chi connectivity index (χ1v) is 7.55. The zero-order valence-corrected chi connectivity index (χ0v) is 12.1. The van der Waals surface area contributed by atoms with Crippen LogP contribution in [0.15, 0.2) is 36.4 Å². The second-order valence-corrected chi connectivity index (χ2v) is 6.60. The minimum atomic E-state index is -0.319. The van der Waals surface area contributed by atoms with E-state index in [-0.39, 0.29) is 18.2 Å². The van der Waals surface area contributed by atoms with E-state index in [9.17, 15) is 5.11 Å². The number of rotatable bonds is 3. The van der Waals surface area contributed by atoms with E-state index in [1.54, 1.807) is 0 Å². The molecule has 1 aliphatic rings. The van der Waals surface area contributed by atoms with Gasteiger partial charge in [-0.05, 0) is 37.1 Å². The molecule has 0 radical (unpaired) electrons. The van der Waals surface area contributed by atoms with Crippen LogP contribution in [0.2, 0.25) is 0 Å². The molecule has 0 aliphatic heterocycles. The van der Waals surface area contributed by atoms with Crippen LogP contribution in [0.3, 0.4) is 0 Å². The predicted octanol–water partition coefficient (Wildman–Crippen LogP) is 3.37. The van der Waals surface area contributed by atoms with Crippen molar-refractivity contribution in [2.24, 2.45) is 0 Å². The van der Waals surface area contributed by atoms with Crippen molar-refractivity contribution in [3.63, 3.8) is 0 Å². The van der Waals surface area contributed by atoms with Crippen LogP contribution in [0, 0.1) is 6.92 Å². The number of thiophene rings is 1. The van der Waals surface area contributed by atoms with Crippen molar-refractivity contribution in [3.8, 4) is 0 Å². The first-order valence-electron chi connectivity index (χ1n) is 6.73. The van der Waals surface area contributed by atoms with Gasteiger partial charge in [0.25, 0.3) is 0 Å². The number of aryl methyl sites for hydroxylation is 1. The van der Waals surface area contributed by atoms with Gasteiger partial charge in [0.05, 0.1) is 12.1 Å². The second kappa shape index (κ2) is 5.08. The summed E-state index contributed by atoms with van der Waals surface area (Å²) in [7, 11) is 0. The number of hydrogen-bond donors (Lipinski definition) is 2. The Balaban J connectivity index is 1.80. The fourth-order valence-corrected chi connectivity index (χ4v) is 3.70. The third-order valence-corrected chi connectivity index (χ3v) is 5.00. The summed E-state index contributed by atoms with van der Waals surface area (Å²) < 4.78 is 0. The Bertz CT molecular complexity index is 578. The molecule has 0 saturated heterocycles. The maximum Gasteiger partial charge on any atom is 0.0775 e. The number of nitrogens with one attached hydrogen (secondary N) is 1. The van der Waals surface area contributed by atoms with Crippen molar-refractivity contribution in [2.75, 3.05) is 0 Å². The first-order chi connectivity index (χ1) is 9.15. The largest absolute Gasteiger partial charge is 0.391 e. The van der Waals surface area contributed by atoms with Crippen molar-refractivity contribution >= 4 is 11.3 Å². The summed E-state index contributed by atoms with van der Waals surface area (Å²) in [6.07, 6.45) is 0.435. The van der Waals surface area contributed by atoms with Crippen LogP contribution >= 0.6 is 11.3 Å². The molecule has 0 fully saturated rings. The van der Waals surface area contributed by atoms with Crippen LogP contribution in [-0.4, -0.2) is 11.2 Å². The molecule has 3 unspecified atom stereocenters. The molecule has 19 heavy (non-hydrogen) atoms. The molecule has 1 aliphatic carbocycles. The van der Waals surface area contributed by atoms with Crippen LogP contribution in [0.25, 0.3) is 0 Å². The van der Waals surface area contributed by atoms with E-state index < -0.39 is 0 Å². The Kier molecular flexibility index (Phi) is 3.44. The molecular weight excluding hydrogens is 254 g/mol. The van der Waals surface area contributed by atoms with Crippen LogP contribution in [0.4, 0.5) is 0 Å². The fraction of sp³-hybridized carbons (Fsp3) is 0.375. The van der Waals surface area contributed by atoms with Gasteiger partial charge in [-0.1, -0.05) is 24.3 Å². The molecule has 0 spiro atoms. The third kappa shape index (κ3) is 2.46. The van der Waals surface area contributed by atoms with Gasteiger partial charge in [0.2, 0.25) is 0 Å². The molecule has 100 valence electrons. The van der Waals surface area contributed by atoms with Crippen LogP contribution < -0.4 is 5.32 Å². The smallest absolute Gasteiger partial charge is 0.0775 e. The standard InChI is InChI=1S/C16H19NOS/c1-10-7-8-15(19-10)11(2)17-16-13-6-4-3-5-12(13)9-14(16)18/h3-8,11,14,16-18H,9H2,1-2H3. The van der Waals surface area contributed by atoms with E-state index in [4.69, 9.17) is 0 Å². The normalized spacial score (nSPS) is 23.3. The zero-order valence-electron chi connectivity index (χ0n) is 11.3. The molecule has 0 saturated carbocycles. The lowest BCUT2D eigenvalue weighted by Gasteiger charge is -2.22. The SMILES string of the molecule is Cc1ccc(C(C)NC2c3ccccc3CC2O)s1. The average molecular weight is 273 g/mol. The van der Waals surface area contributed by atoms with Gasteiger partial charge >= 0.3 is 0 Å². The van der Waals surface area contributed by atoms with E-state index in [1.165, 1.54) is 20.9 Å². The summed E-state index contributed by atoms with van der Waals surface area (Å²) >= 11 is 1.82. The van der Waals surface area contributed by atoms with E-state index in [0.29, 0.717) is 0 Å². The fourth-order valence-electron chi connectivity index (χ4n) is 2.81. The number of hydrogen-bond acceptors (Lipinski definition) is 3. The van der Waals surface area contributed by atoms with Crippen molar-refractivity contribution in [1.82, 2.24) is 5.32 Å². The molecule has 1 heterocycles. The van der Waals surface area contributed by atoms with E-state index in [1.807, 2.05) is 23.5 Å². The van der Waals surface area contributed by atoms with Gasteiger partial charge in [-0.15, -0.1) is 11.3 Å². The molecule has 3 heteroatoms. The third-order valence-electron chi connectivity index (χ3n) is 3.82. The van der Waals surface area contributed by atoms with Crippen molar-refractivity contribution in [2.45, 2.75) is 38.5 Å². The number of benzene rings is 1. The zero-order chi connectivity index (χ0) is 13.4. The Morgan fingerprint density at radius 3 is 2.79 bits per heavy atom. The summed E-state index contributed by atoms with van der Waals surface area (Å²) in [5.41, 5.74) is 2.51. The van der Waals surface area contributed by atoms with Crippen LogP contribution in [-0.2, 0) is 6.42 Å². The van der Waals surface area contributed by atoms with Crippen molar-refractivity contribution in [3.05, 3.63) is 57.3 Å². The van der Waals surface area contributed by atoms with Crippen molar-refractivity contribution < 1.29 is 5.11 Å². The number of fused-ring (bicyclic) bond motifs is 1. The minimum absolute atomic E-state index is 0.0496. The maximum absolute atomic E-state index is 10.3. The highest BCUT2D eigenvalue weighted by molar-refractivity contribution is 7.12. The molecule has 2 nitrogen and oxygen atoms in total. The molecular formula is C16H19NOS. The molecule has 2 N–H and O–H groups in total. The van der Waals surface area contributed by atoms with Crippen LogP contribution in [0.1, 0.15) is 39.9 Å². The monoisotopic (exact) mass is 273 g/mol. The highest BCUT2D eigenvalue weighted by Gasteiger charge is 2.31. The molecule has 0 bridgehead atoms. The lowest BCUT2D eigenvalue weighted by molar-refractivity contribution is 0.136. The Morgan fingerprint density at radius 1 is 1.26 bits per heavy atom. The minimum Gasteiger partial charge on any atom is -0.391 e. The summed E-state index contributed by atoms with van der Waals surface area (Å²) in [5, 5.41) is 13.8. The van der Waals surface area contributed by atoms with E-state index in [2.05, 4.69) is 43.4 Å². The molecule has 3 atom stereocenters. The van der Waals surface area contributed by atoms with Crippen molar-refractivity contribution in [1.29, 1.82) is 0 Å². The lowest BCUT2D eigenvalue weighted by atomic mass is 10.1. The molecule has 2 aromatic rings. The highest BCUT2D eigenvalue weighted by Crippen LogP contribution is 2.34. The average Bonchev–Trinajstić information content (AvgIpc) is 2.95. The Labute approximate surface area is 118 Å². The van der Waals surface area contributed by atoms with Gasteiger partial charge in [-0.2, -0.15) is 0 Å².